The fourth-order valence-corrected chi connectivity index (χ4v) is 10.6. The first-order chi connectivity index (χ1) is 26.1. The zero-order valence-electron chi connectivity index (χ0n) is 29.7. The Morgan fingerprint density at radius 1 is 0.358 bits per heavy atom. The molecule has 1 spiro atoms. The molecule has 8 aromatic carbocycles. The minimum Gasteiger partial charge on any atom is -0.309 e. The zero-order chi connectivity index (χ0) is 35.1. The number of hydrogen-bond donors (Lipinski definition) is 0. The fourth-order valence-electron chi connectivity index (χ4n) is 10.6. The van der Waals surface area contributed by atoms with E-state index in [-0.39, 0.29) is 5.41 Å². The summed E-state index contributed by atoms with van der Waals surface area (Å²) in [6, 6.07) is 66.3. The summed E-state index contributed by atoms with van der Waals surface area (Å²) in [5, 5.41) is 2.59. The van der Waals surface area contributed by atoms with Crippen LogP contribution in [0.4, 0.5) is 0 Å². The smallest absolute Gasteiger partial charge is 0.0726 e. The van der Waals surface area contributed by atoms with E-state index in [0.717, 1.165) is 0 Å². The van der Waals surface area contributed by atoms with E-state index in [4.69, 9.17) is 0 Å². The van der Waals surface area contributed by atoms with E-state index in [1.54, 1.807) is 0 Å². The molecule has 248 valence electrons. The van der Waals surface area contributed by atoms with Gasteiger partial charge in [0.15, 0.2) is 0 Å². The molecule has 1 nitrogen and oxygen atoms in total. The van der Waals surface area contributed by atoms with E-state index in [9.17, 15) is 0 Å². The zero-order valence-corrected chi connectivity index (χ0v) is 29.7. The van der Waals surface area contributed by atoms with Crippen LogP contribution in [-0.4, -0.2) is 4.57 Å². The van der Waals surface area contributed by atoms with E-state index in [1.165, 1.54) is 105 Å². The summed E-state index contributed by atoms with van der Waals surface area (Å²) in [6.45, 7) is 4.76. The van der Waals surface area contributed by atoms with E-state index < -0.39 is 5.41 Å². The molecule has 3 aliphatic carbocycles. The topological polar surface area (TPSA) is 4.93 Å². The maximum atomic E-state index is 2.53. The highest BCUT2D eigenvalue weighted by molar-refractivity contribution is 6.12. The Morgan fingerprint density at radius 3 is 1.72 bits per heavy atom. The summed E-state index contributed by atoms with van der Waals surface area (Å²) in [4.78, 5) is 0. The summed E-state index contributed by atoms with van der Waals surface area (Å²) >= 11 is 0. The SMILES string of the molecule is CC1(C)c2ccccc2-c2cc3c4ccccc4n(-c4ccc5c(c4)C4(c6ccccc6-c6ccccc64)c4cccc(-c6ccccc6)c4-5)c3cc21. The van der Waals surface area contributed by atoms with Crippen LogP contribution in [0.1, 0.15) is 47.2 Å². The first-order valence-corrected chi connectivity index (χ1v) is 18.8. The highest BCUT2D eigenvalue weighted by Crippen LogP contribution is 2.64. The fraction of sp³-hybridized carbons (Fsp3) is 0.0769. The molecule has 53 heavy (non-hydrogen) atoms. The summed E-state index contributed by atoms with van der Waals surface area (Å²) in [5.74, 6) is 0. The molecule has 0 fully saturated rings. The quantitative estimate of drug-likeness (QED) is 0.172. The molecule has 1 heterocycles. The molecular weight excluding hydrogens is 639 g/mol. The van der Waals surface area contributed by atoms with Crippen LogP contribution in [0.2, 0.25) is 0 Å². The molecule has 0 amide bonds. The molecule has 12 rings (SSSR count). The number of benzene rings is 8. The monoisotopic (exact) mass is 673 g/mol. The predicted molar refractivity (Wildman–Crippen MR) is 220 cm³/mol. The molecule has 0 saturated heterocycles. The van der Waals surface area contributed by atoms with Crippen molar-refractivity contribution in [3.8, 4) is 50.2 Å². The Morgan fingerprint density at radius 2 is 0.962 bits per heavy atom. The lowest BCUT2D eigenvalue weighted by molar-refractivity contribution is 0.661. The molecule has 0 atom stereocenters. The lowest BCUT2D eigenvalue weighted by Gasteiger charge is -2.31. The van der Waals surface area contributed by atoms with Crippen molar-refractivity contribution in [2.24, 2.45) is 0 Å². The van der Waals surface area contributed by atoms with E-state index >= 15 is 0 Å². The third-order valence-electron chi connectivity index (χ3n) is 12.8. The average molecular weight is 674 g/mol. The van der Waals surface area contributed by atoms with E-state index in [2.05, 4.69) is 194 Å². The second-order valence-electron chi connectivity index (χ2n) is 15.6. The van der Waals surface area contributed by atoms with Crippen molar-refractivity contribution in [2.45, 2.75) is 24.7 Å². The highest BCUT2D eigenvalue weighted by atomic mass is 15.0. The number of rotatable bonds is 2. The molecule has 0 N–H and O–H groups in total. The van der Waals surface area contributed by atoms with Gasteiger partial charge in [0, 0.05) is 21.9 Å². The van der Waals surface area contributed by atoms with Crippen molar-refractivity contribution in [1.29, 1.82) is 0 Å². The summed E-state index contributed by atoms with van der Waals surface area (Å²) in [7, 11) is 0. The van der Waals surface area contributed by atoms with Gasteiger partial charge in [-0.1, -0.05) is 159 Å². The largest absolute Gasteiger partial charge is 0.309 e. The molecule has 0 radical (unpaired) electrons. The highest BCUT2D eigenvalue weighted by Gasteiger charge is 2.52. The second kappa shape index (κ2) is 10.1. The summed E-state index contributed by atoms with van der Waals surface area (Å²) < 4.78 is 2.53. The Hall–Kier alpha value is -6.44. The van der Waals surface area contributed by atoms with Gasteiger partial charge in [-0.05, 0) is 108 Å². The van der Waals surface area contributed by atoms with Gasteiger partial charge in [0.2, 0.25) is 0 Å². The Labute approximate surface area is 309 Å². The van der Waals surface area contributed by atoms with Crippen LogP contribution in [0.3, 0.4) is 0 Å². The van der Waals surface area contributed by atoms with Crippen molar-refractivity contribution in [1.82, 2.24) is 4.57 Å². The van der Waals surface area contributed by atoms with Crippen molar-refractivity contribution < 1.29 is 0 Å². The molecule has 0 unspecified atom stereocenters. The van der Waals surface area contributed by atoms with Gasteiger partial charge in [0.25, 0.3) is 0 Å². The Bertz CT molecular complexity index is 2980. The Balaban J connectivity index is 1.19. The first kappa shape index (κ1) is 29.2. The van der Waals surface area contributed by atoms with E-state index in [1.807, 2.05) is 0 Å². The van der Waals surface area contributed by atoms with Crippen LogP contribution in [0.15, 0.2) is 176 Å². The van der Waals surface area contributed by atoms with Gasteiger partial charge >= 0.3 is 0 Å². The van der Waals surface area contributed by atoms with Gasteiger partial charge in [0.1, 0.15) is 0 Å². The standard InChI is InChI=1S/C52H35N/c1-51(2)42-22-10-6-19-37(42)40-30-41-38-20-9-13-26-48(38)53(49(41)31-46(40)51)33-27-28-39-47(29-33)52(43-23-11-7-17-35(43)36-18-8-12-24-44(36)52)45-25-14-21-34(50(39)45)32-15-4-3-5-16-32/h3-31H,1-2H3. The van der Waals surface area contributed by atoms with Gasteiger partial charge in [-0.2, -0.15) is 0 Å². The lowest BCUT2D eigenvalue weighted by Crippen LogP contribution is -2.26. The second-order valence-corrected chi connectivity index (χ2v) is 15.6. The third kappa shape index (κ3) is 3.53. The summed E-state index contributed by atoms with van der Waals surface area (Å²) in [5.41, 5.74) is 21.9. The average Bonchev–Trinajstić information content (AvgIpc) is 3.88. The van der Waals surface area contributed by atoms with Gasteiger partial charge in [-0.25, -0.2) is 0 Å². The molecule has 3 aliphatic rings. The number of aromatic nitrogens is 1. The van der Waals surface area contributed by atoms with Crippen molar-refractivity contribution in [3.05, 3.63) is 209 Å². The third-order valence-corrected chi connectivity index (χ3v) is 12.8. The lowest BCUT2D eigenvalue weighted by atomic mass is 9.70. The molecule has 0 aliphatic heterocycles. The first-order valence-electron chi connectivity index (χ1n) is 18.8. The van der Waals surface area contributed by atoms with Gasteiger partial charge in [0.05, 0.1) is 16.4 Å². The maximum Gasteiger partial charge on any atom is 0.0726 e. The number of nitrogens with zero attached hydrogens (tertiary/aromatic N) is 1. The molecule has 0 bridgehead atoms. The normalized spacial score (nSPS) is 14.9. The maximum absolute atomic E-state index is 2.53. The van der Waals surface area contributed by atoms with Crippen LogP contribution >= 0.6 is 0 Å². The van der Waals surface area contributed by atoms with Crippen LogP contribution in [0, 0.1) is 0 Å². The van der Waals surface area contributed by atoms with E-state index in [0.29, 0.717) is 0 Å². The molecule has 1 heteroatoms. The predicted octanol–water partition coefficient (Wildman–Crippen LogP) is 13.1. The van der Waals surface area contributed by atoms with Crippen LogP contribution in [-0.2, 0) is 10.8 Å². The van der Waals surface area contributed by atoms with Crippen molar-refractivity contribution in [3.63, 3.8) is 0 Å². The summed E-state index contributed by atoms with van der Waals surface area (Å²) in [6.07, 6.45) is 0. The number of para-hydroxylation sites is 1. The van der Waals surface area contributed by atoms with Gasteiger partial charge < -0.3 is 4.57 Å². The minimum absolute atomic E-state index is 0.0872. The van der Waals surface area contributed by atoms with Crippen LogP contribution < -0.4 is 0 Å². The number of hydrogen-bond acceptors (Lipinski definition) is 0. The van der Waals surface area contributed by atoms with Gasteiger partial charge in [-0.15, -0.1) is 0 Å². The molecular formula is C52H35N. The van der Waals surface area contributed by atoms with Crippen LogP contribution in [0.25, 0.3) is 72.0 Å². The molecule has 0 saturated carbocycles. The minimum atomic E-state index is -0.442. The molecule has 1 aromatic heterocycles. The Kier molecular flexibility index (Phi) is 5.57. The van der Waals surface area contributed by atoms with Crippen molar-refractivity contribution in [2.75, 3.05) is 0 Å². The van der Waals surface area contributed by atoms with Gasteiger partial charge in [-0.3, -0.25) is 0 Å². The number of fused-ring (bicyclic) bond motifs is 16. The molecule has 9 aromatic rings. The van der Waals surface area contributed by atoms with Crippen LogP contribution in [0.5, 0.6) is 0 Å². The van der Waals surface area contributed by atoms with Crippen molar-refractivity contribution >= 4 is 21.8 Å².